The maximum Gasteiger partial charge on any atom is 0.201 e. The summed E-state index contributed by atoms with van der Waals surface area (Å²) < 4.78 is 6.38. The fourth-order valence-corrected chi connectivity index (χ4v) is 4.70. The van der Waals surface area contributed by atoms with Crippen molar-refractivity contribution < 1.29 is 14.6 Å². The number of phenolic OH excluding ortho intramolecular Hbond substituents is 1. The summed E-state index contributed by atoms with van der Waals surface area (Å²) in [5.41, 5.74) is 2.71. The lowest BCUT2D eigenvalue weighted by atomic mass is 9.84. The molecule has 1 fully saturated rings. The van der Waals surface area contributed by atoms with E-state index < -0.39 is 5.60 Å². The molecule has 5 rings (SSSR count). The van der Waals surface area contributed by atoms with E-state index in [2.05, 4.69) is 0 Å². The normalized spacial score (nSPS) is 20.7. The molecule has 0 saturated heterocycles. The van der Waals surface area contributed by atoms with E-state index in [0.29, 0.717) is 18.7 Å². The average Bonchev–Trinajstić information content (AvgIpc) is 3.39. The molecule has 4 aromatic rings. The lowest BCUT2D eigenvalue weighted by Gasteiger charge is -2.28. The van der Waals surface area contributed by atoms with Gasteiger partial charge in [-0.25, -0.2) is 4.98 Å². The first-order valence-electron chi connectivity index (χ1n) is 10.7. The number of aromatic nitrogens is 1. The van der Waals surface area contributed by atoms with Gasteiger partial charge in [-0.05, 0) is 37.0 Å². The van der Waals surface area contributed by atoms with Gasteiger partial charge >= 0.3 is 0 Å². The summed E-state index contributed by atoms with van der Waals surface area (Å²) >= 11 is 0. The van der Waals surface area contributed by atoms with Gasteiger partial charge in [-0.15, -0.1) is 0 Å². The number of rotatable bonds is 5. The van der Waals surface area contributed by atoms with Gasteiger partial charge in [0.05, 0.1) is 11.5 Å². The van der Waals surface area contributed by atoms with Crippen molar-refractivity contribution in [1.82, 2.24) is 4.98 Å². The molecule has 1 aromatic heterocycles. The summed E-state index contributed by atoms with van der Waals surface area (Å²) in [6.45, 7) is 0. The third-order valence-electron chi connectivity index (χ3n) is 6.20. The fraction of sp³-hybridized carbons (Fsp3) is 0.222. The summed E-state index contributed by atoms with van der Waals surface area (Å²) in [6, 6.07) is 27.1. The Labute approximate surface area is 181 Å². The largest absolute Gasteiger partial charge is 0.508 e. The van der Waals surface area contributed by atoms with Crippen molar-refractivity contribution in [2.75, 3.05) is 0 Å². The van der Waals surface area contributed by atoms with Gasteiger partial charge in [0.15, 0.2) is 5.76 Å². The molecule has 1 aliphatic rings. The predicted molar refractivity (Wildman–Crippen MR) is 121 cm³/mol. The van der Waals surface area contributed by atoms with Crippen molar-refractivity contribution in [2.45, 2.75) is 37.2 Å². The van der Waals surface area contributed by atoms with Crippen LogP contribution in [0.2, 0.25) is 0 Å². The molecule has 0 spiro atoms. The van der Waals surface area contributed by atoms with Gasteiger partial charge in [-0.1, -0.05) is 72.8 Å². The minimum atomic E-state index is -0.958. The fourth-order valence-electron chi connectivity index (χ4n) is 4.70. The van der Waals surface area contributed by atoms with Gasteiger partial charge in [0.25, 0.3) is 0 Å². The van der Waals surface area contributed by atoms with E-state index in [-0.39, 0.29) is 11.7 Å². The molecule has 3 aromatic carbocycles. The quantitative estimate of drug-likeness (QED) is 0.425. The van der Waals surface area contributed by atoms with Crippen LogP contribution >= 0.6 is 0 Å². The number of aromatic hydroxyl groups is 1. The number of aliphatic hydroxyl groups is 1. The number of phenols is 1. The minimum absolute atomic E-state index is 0.199. The first-order valence-corrected chi connectivity index (χ1v) is 10.7. The summed E-state index contributed by atoms with van der Waals surface area (Å²) in [5, 5.41) is 21.4. The van der Waals surface area contributed by atoms with E-state index in [0.717, 1.165) is 41.0 Å². The van der Waals surface area contributed by atoms with Gasteiger partial charge < -0.3 is 14.6 Å². The SMILES string of the molecule is Oc1cccc(CC2(O)CCCC2c2nc(-c3ccccc3)c(-c3ccccc3)o2)c1. The molecule has 0 amide bonds. The van der Waals surface area contributed by atoms with Crippen molar-refractivity contribution in [1.29, 1.82) is 0 Å². The first-order chi connectivity index (χ1) is 15.1. The van der Waals surface area contributed by atoms with E-state index in [4.69, 9.17) is 9.40 Å². The van der Waals surface area contributed by atoms with Crippen molar-refractivity contribution in [3.8, 4) is 28.3 Å². The molecule has 31 heavy (non-hydrogen) atoms. The number of benzene rings is 3. The molecule has 1 heterocycles. The Hall–Kier alpha value is -3.37. The zero-order chi connectivity index (χ0) is 21.3. The minimum Gasteiger partial charge on any atom is -0.508 e. The van der Waals surface area contributed by atoms with Crippen LogP contribution in [-0.4, -0.2) is 20.8 Å². The van der Waals surface area contributed by atoms with Gasteiger partial charge in [0.1, 0.15) is 11.4 Å². The molecule has 156 valence electrons. The van der Waals surface area contributed by atoms with Crippen LogP contribution in [0.5, 0.6) is 5.75 Å². The van der Waals surface area contributed by atoms with Crippen molar-refractivity contribution in [2.24, 2.45) is 0 Å². The monoisotopic (exact) mass is 411 g/mol. The Morgan fingerprint density at radius 3 is 2.32 bits per heavy atom. The molecule has 2 N–H and O–H groups in total. The van der Waals surface area contributed by atoms with Crippen LogP contribution in [0.15, 0.2) is 89.3 Å². The number of nitrogens with zero attached hydrogens (tertiary/aromatic N) is 1. The van der Waals surface area contributed by atoms with Crippen LogP contribution in [0.1, 0.15) is 36.6 Å². The molecule has 1 aliphatic carbocycles. The lowest BCUT2D eigenvalue weighted by molar-refractivity contribution is 0.0229. The van der Waals surface area contributed by atoms with E-state index in [1.165, 1.54) is 0 Å². The van der Waals surface area contributed by atoms with Gasteiger partial charge in [0.2, 0.25) is 5.89 Å². The Morgan fingerprint density at radius 2 is 1.61 bits per heavy atom. The summed E-state index contributed by atoms with van der Waals surface area (Å²) in [5.74, 6) is 1.32. The topological polar surface area (TPSA) is 66.5 Å². The average molecular weight is 412 g/mol. The smallest absolute Gasteiger partial charge is 0.201 e. The van der Waals surface area contributed by atoms with Crippen LogP contribution in [0, 0.1) is 0 Å². The highest BCUT2D eigenvalue weighted by Crippen LogP contribution is 2.46. The number of hydrogen-bond donors (Lipinski definition) is 2. The van der Waals surface area contributed by atoms with Crippen LogP contribution < -0.4 is 0 Å². The molecule has 0 radical (unpaired) electrons. The van der Waals surface area contributed by atoms with E-state index in [1.807, 2.05) is 72.8 Å². The summed E-state index contributed by atoms with van der Waals surface area (Å²) in [4.78, 5) is 4.92. The second-order valence-electron chi connectivity index (χ2n) is 8.36. The highest BCUT2D eigenvalue weighted by atomic mass is 16.4. The molecular weight excluding hydrogens is 386 g/mol. The van der Waals surface area contributed by atoms with Crippen molar-refractivity contribution in [3.63, 3.8) is 0 Å². The van der Waals surface area contributed by atoms with Crippen LogP contribution in [0.4, 0.5) is 0 Å². The Balaban J connectivity index is 1.56. The Morgan fingerprint density at radius 1 is 0.903 bits per heavy atom. The zero-order valence-corrected chi connectivity index (χ0v) is 17.2. The Kier molecular flexibility index (Phi) is 5.08. The van der Waals surface area contributed by atoms with E-state index in [1.54, 1.807) is 12.1 Å². The maximum atomic E-state index is 11.6. The second kappa shape index (κ2) is 8.05. The molecular formula is C27H25NO3. The third-order valence-corrected chi connectivity index (χ3v) is 6.20. The summed E-state index contributed by atoms with van der Waals surface area (Å²) in [7, 11) is 0. The number of oxazole rings is 1. The van der Waals surface area contributed by atoms with Crippen molar-refractivity contribution in [3.05, 3.63) is 96.4 Å². The van der Waals surface area contributed by atoms with Crippen LogP contribution in [0.3, 0.4) is 0 Å². The van der Waals surface area contributed by atoms with E-state index >= 15 is 0 Å². The standard InChI is InChI=1S/C27H25NO3/c29-22-14-7-9-19(17-22)18-27(30)16-8-15-23(27)26-28-24(20-10-3-1-4-11-20)25(31-26)21-12-5-2-6-13-21/h1-7,9-14,17,23,29-30H,8,15-16,18H2. The van der Waals surface area contributed by atoms with Crippen LogP contribution in [-0.2, 0) is 6.42 Å². The lowest BCUT2D eigenvalue weighted by Crippen LogP contribution is -2.34. The number of hydrogen-bond acceptors (Lipinski definition) is 4. The van der Waals surface area contributed by atoms with E-state index in [9.17, 15) is 10.2 Å². The second-order valence-corrected chi connectivity index (χ2v) is 8.36. The zero-order valence-electron chi connectivity index (χ0n) is 17.2. The molecule has 2 atom stereocenters. The molecule has 1 saturated carbocycles. The van der Waals surface area contributed by atoms with Gasteiger partial charge in [0, 0.05) is 17.5 Å². The van der Waals surface area contributed by atoms with Crippen LogP contribution in [0.25, 0.3) is 22.6 Å². The predicted octanol–water partition coefficient (Wildman–Crippen LogP) is 5.96. The molecule has 2 unspecified atom stereocenters. The maximum absolute atomic E-state index is 11.6. The Bertz CT molecular complexity index is 1110. The van der Waals surface area contributed by atoms with Gasteiger partial charge in [-0.3, -0.25) is 0 Å². The van der Waals surface area contributed by atoms with Crippen molar-refractivity contribution >= 4 is 0 Å². The highest BCUT2D eigenvalue weighted by molar-refractivity contribution is 5.76. The molecule has 4 nitrogen and oxygen atoms in total. The first kappa shape index (κ1) is 19.6. The van der Waals surface area contributed by atoms with Gasteiger partial charge in [-0.2, -0.15) is 0 Å². The molecule has 4 heteroatoms. The summed E-state index contributed by atoms with van der Waals surface area (Å²) in [6.07, 6.45) is 2.86. The highest BCUT2D eigenvalue weighted by Gasteiger charge is 2.45. The third kappa shape index (κ3) is 3.87. The molecule has 0 bridgehead atoms. The molecule has 0 aliphatic heterocycles.